The second-order valence-electron chi connectivity index (χ2n) is 5.81. The fraction of sp³-hybridized carbons (Fsp3) is 0.263. The summed E-state index contributed by atoms with van der Waals surface area (Å²) in [5.41, 5.74) is 1.89. The van der Waals surface area contributed by atoms with Gasteiger partial charge in [0, 0.05) is 18.4 Å². The van der Waals surface area contributed by atoms with Crippen molar-refractivity contribution in [2.75, 3.05) is 6.61 Å². The summed E-state index contributed by atoms with van der Waals surface area (Å²) in [6, 6.07) is 10.7. The molecule has 0 unspecified atom stereocenters. The average molecular weight is 337 g/mol. The van der Waals surface area contributed by atoms with E-state index in [4.69, 9.17) is 4.74 Å². The molecule has 1 aromatic carbocycles. The lowest BCUT2D eigenvalue weighted by atomic mass is 10.2. The van der Waals surface area contributed by atoms with Crippen LogP contribution in [0.25, 0.3) is 10.9 Å². The second kappa shape index (κ2) is 7.25. The van der Waals surface area contributed by atoms with Crippen molar-refractivity contribution >= 4 is 16.9 Å². The first-order chi connectivity index (χ1) is 12.1. The molecule has 0 saturated heterocycles. The van der Waals surface area contributed by atoms with Crippen molar-refractivity contribution in [3.8, 4) is 0 Å². The third kappa shape index (κ3) is 3.74. The van der Waals surface area contributed by atoms with Gasteiger partial charge in [-0.25, -0.2) is 9.78 Å². The van der Waals surface area contributed by atoms with Gasteiger partial charge in [0.05, 0.1) is 23.1 Å². The SMILES string of the molecule is Cc1ccc(C(=O)OCCCn2c(C)nc3ccccc3c2=O)cn1. The minimum absolute atomic E-state index is 0.0721. The highest BCUT2D eigenvalue weighted by Crippen LogP contribution is 2.08. The molecule has 0 radical (unpaired) electrons. The maximum Gasteiger partial charge on any atom is 0.339 e. The van der Waals surface area contributed by atoms with Crippen molar-refractivity contribution in [3.63, 3.8) is 0 Å². The zero-order valence-electron chi connectivity index (χ0n) is 14.2. The Morgan fingerprint density at radius 2 is 1.96 bits per heavy atom. The molecule has 2 heterocycles. The molecule has 3 aromatic rings. The first-order valence-electron chi connectivity index (χ1n) is 8.12. The van der Waals surface area contributed by atoms with Crippen molar-refractivity contribution in [1.29, 1.82) is 0 Å². The van der Waals surface area contributed by atoms with Gasteiger partial charge >= 0.3 is 5.97 Å². The van der Waals surface area contributed by atoms with Crippen LogP contribution in [0.1, 0.15) is 28.3 Å². The molecule has 0 fully saturated rings. The lowest BCUT2D eigenvalue weighted by Crippen LogP contribution is -2.24. The number of aromatic nitrogens is 3. The number of nitrogens with zero attached hydrogens (tertiary/aromatic N) is 3. The van der Waals surface area contributed by atoms with Gasteiger partial charge in [0.25, 0.3) is 5.56 Å². The van der Waals surface area contributed by atoms with Crippen LogP contribution in [0.3, 0.4) is 0 Å². The summed E-state index contributed by atoms with van der Waals surface area (Å²) >= 11 is 0. The fourth-order valence-corrected chi connectivity index (χ4v) is 2.60. The molecule has 0 aliphatic rings. The van der Waals surface area contributed by atoms with Gasteiger partial charge in [-0.15, -0.1) is 0 Å². The molecular weight excluding hydrogens is 318 g/mol. The third-order valence-corrected chi connectivity index (χ3v) is 3.96. The van der Waals surface area contributed by atoms with Gasteiger partial charge in [0.2, 0.25) is 0 Å². The van der Waals surface area contributed by atoms with E-state index in [0.717, 1.165) is 5.69 Å². The van der Waals surface area contributed by atoms with Crippen LogP contribution in [0.15, 0.2) is 47.4 Å². The van der Waals surface area contributed by atoms with Gasteiger partial charge in [-0.3, -0.25) is 14.3 Å². The van der Waals surface area contributed by atoms with Crippen LogP contribution in [-0.4, -0.2) is 27.1 Å². The molecule has 0 saturated carbocycles. The van der Waals surface area contributed by atoms with E-state index in [1.165, 1.54) is 6.20 Å². The molecule has 0 atom stereocenters. The van der Waals surface area contributed by atoms with E-state index in [1.807, 2.05) is 25.1 Å². The van der Waals surface area contributed by atoms with Crippen LogP contribution >= 0.6 is 0 Å². The summed E-state index contributed by atoms with van der Waals surface area (Å²) in [5.74, 6) is 0.242. The molecule has 0 spiro atoms. The van der Waals surface area contributed by atoms with Gasteiger partial charge in [-0.05, 0) is 44.5 Å². The van der Waals surface area contributed by atoms with Crippen molar-refractivity contribution in [2.24, 2.45) is 0 Å². The largest absolute Gasteiger partial charge is 0.462 e. The summed E-state index contributed by atoms with van der Waals surface area (Å²) in [6.07, 6.45) is 2.03. The molecule has 0 aliphatic carbocycles. The van der Waals surface area contributed by atoms with E-state index in [9.17, 15) is 9.59 Å². The Hall–Kier alpha value is -3.02. The predicted molar refractivity (Wildman–Crippen MR) is 94.6 cm³/mol. The Morgan fingerprint density at radius 3 is 2.72 bits per heavy atom. The van der Waals surface area contributed by atoms with Gasteiger partial charge in [-0.1, -0.05) is 12.1 Å². The highest BCUT2D eigenvalue weighted by Gasteiger charge is 2.09. The molecule has 0 N–H and O–H groups in total. The van der Waals surface area contributed by atoms with Crippen molar-refractivity contribution in [1.82, 2.24) is 14.5 Å². The van der Waals surface area contributed by atoms with Gasteiger partial charge in [0.15, 0.2) is 0 Å². The summed E-state index contributed by atoms with van der Waals surface area (Å²) in [7, 11) is 0. The monoisotopic (exact) mass is 337 g/mol. The summed E-state index contributed by atoms with van der Waals surface area (Å²) in [5, 5.41) is 0.593. The number of esters is 1. The summed E-state index contributed by atoms with van der Waals surface area (Å²) < 4.78 is 6.86. The number of fused-ring (bicyclic) bond motifs is 1. The maximum absolute atomic E-state index is 12.5. The van der Waals surface area contributed by atoms with E-state index in [-0.39, 0.29) is 12.2 Å². The lowest BCUT2D eigenvalue weighted by molar-refractivity contribution is 0.0495. The number of para-hydroxylation sites is 1. The lowest BCUT2D eigenvalue weighted by Gasteiger charge is -2.11. The number of aryl methyl sites for hydroxylation is 2. The number of hydrogen-bond acceptors (Lipinski definition) is 5. The molecule has 3 rings (SSSR count). The second-order valence-corrected chi connectivity index (χ2v) is 5.81. The van der Waals surface area contributed by atoms with E-state index in [0.29, 0.717) is 35.3 Å². The average Bonchev–Trinajstić information content (AvgIpc) is 2.61. The minimum atomic E-state index is -0.409. The topological polar surface area (TPSA) is 74.1 Å². The fourth-order valence-electron chi connectivity index (χ4n) is 2.60. The molecule has 128 valence electrons. The molecular formula is C19H19N3O3. The number of ether oxygens (including phenoxy) is 1. The normalized spacial score (nSPS) is 10.8. The first-order valence-corrected chi connectivity index (χ1v) is 8.12. The summed E-state index contributed by atoms with van der Waals surface area (Å²) in [4.78, 5) is 33.0. The molecule has 0 aliphatic heterocycles. The van der Waals surface area contributed by atoms with Gasteiger partial charge in [0.1, 0.15) is 5.82 Å². The van der Waals surface area contributed by atoms with Crippen molar-refractivity contribution in [3.05, 3.63) is 70.0 Å². The Kier molecular flexibility index (Phi) is 4.88. The zero-order chi connectivity index (χ0) is 17.8. The van der Waals surface area contributed by atoms with Crippen LogP contribution in [0, 0.1) is 13.8 Å². The van der Waals surface area contributed by atoms with Crippen LogP contribution in [0.4, 0.5) is 0 Å². The minimum Gasteiger partial charge on any atom is -0.462 e. The number of carbonyl (C=O) groups is 1. The highest BCUT2D eigenvalue weighted by atomic mass is 16.5. The van der Waals surface area contributed by atoms with E-state index in [2.05, 4.69) is 9.97 Å². The summed E-state index contributed by atoms with van der Waals surface area (Å²) in [6.45, 7) is 4.33. The van der Waals surface area contributed by atoms with E-state index >= 15 is 0 Å². The first kappa shape index (κ1) is 16.8. The van der Waals surface area contributed by atoms with Crippen LogP contribution in [0.5, 0.6) is 0 Å². The smallest absolute Gasteiger partial charge is 0.339 e. The van der Waals surface area contributed by atoms with Crippen molar-refractivity contribution in [2.45, 2.75) is 26.8 Å². The Bertz CT molecular complexity index is 962. The number of carbonyl (C=O) groups excluding carboxylic acids is 1. The van der Waals surface area contributed by atoms with Crippen LogP contribution in [-0.2, 0) is 11.3 Å². The molecule has 2 aromatic heterocycles. The predicted octanol–water partition coefficient (Wildman–Crippen LogP) is 2.66. The van der Waals surface area contributed by atoms with Gasteiger partial charge in [-0.2, -0.15) is 0 Å². The van der Waals surface area contributed by atoms with Crippen LogP contribution < -0.4 is 5.56 Å². The Morgan fingerprint density at radius 1 is 1.16 bits per heavy atom. The zero-order valence-corrected chi connectivity index (χ0v) is 14.2. The number of rotatable bonds is 5. The molecule has 6 nitrogen and oxygen atoms in total. The molecule has 0 amide bonds. The number of pyridine rings is 1. The Labute approximate surface area is 145 Å². The van der Waals surface area contributed by atoms with Crippen molar-refractivity contribution < 1.29 is 9.53 Å². The van der Waals surface area contributed by atoms with Crippen LogP contribution in [0.2, 0.25) is 0 Å². The molecule has 6 heteroatoms. The maximum atomic E-state index is 12.5. The quantitative estimate of drug-likeness (QED) is 0.528. The standard InChI is InChI=1S/C19H19N3O3/c1-13-8-9-15(12-20-13)19(24)25-11-5-10-22-14(2)21-17-7-4-3-6-16(17)18(22)23/h3-4,6-9,12H,5,10-11H2,1-2H3. The van der Waals surface area contributed by atoms with E-state index in [1.54, 1.807) is 29.7 Å². The molecule has 0 bridgehead atoms. The number of benzene rings is 1. The number of hydrogen-bond donors (Lipinski definition) is 0. The van der Waals surface area contributed by atoms with E-state index < -0.39 is 5.97 Å². The highest BCUT2D eigenvalue weighted by molar-refractivity contribution is 5.88. The van der Waals surface area contributed by atoms with Gasteiger partial charge < -0.3 is 4.74 Å². The molecule has 25 heavy (non-hydrogen) atoms. The Balaban J connectivity index is 1.62. The third-order valence-electron chi connectivity index (χ3n) is 3.96.